The second kappa shape index (κ2) is 10.1. The van der Waals surface area contributed by atoms with Crippen molar-refractivity contribution in [3.8, 4) is 0 Å². The van der Waals surface area contributed by atoms with Crippen molar-refractivity contribution in [1.82, 2.24) is 14.5 Å². The first-order chi connectivity index (χ1) is 17.2. The van der Waals surface area contributed by atoms with E-state index in [2.05, 4.69) is 9.47 Å². The van der Waals surface area contributed by atoms with Crippen LogP contribution >= 0.6 is 11.6 Å². The SMILES string of the molecule is C[C@@](O)(OC1CCN(Cc2nc3ccc(C(=O)O)cc3n2C[C@@H]2CCO2)CC1)c1ccc(Cl)cc1F. The van der Waals surface area contributed by atoms with Crippen molar-refractivity contribution >= 4 is 28.6 Å². The number of nitrogens with zero attached hydrogens (tertiary/aromatic N) is 3. The van der Waals surface area contributed by atoms with E-state index in [0.717, 1.165) is 36.0 Å². The number of imidazole rings is 1. The summed E-state index contributed by atoms with van der Waals surface area (Å²) in [7, 11) is 0. The number of carboxylic acids is 1. The normalized spacial score (nSPS) is 20.8. The van der Waals surface area contributed by atoms with Crippen LogP contribution in [0.4, 0.5) is 4.39 Å². The summed E-state index contributed by atoms with van der Waals surface area (Å²) in [5, 5.41) is 20.5. The minimum absolute atomic E-state index is 0.0574. The summed E-state index contributed by atoms with van der Waals surface area (Å²) in [6.45, 7) is 4.84. The lowest BCUT2D eigenvalue weighted by Gasteiger charge is -2.36. The van der Waals surface area contributed by atoms with Gasteiger partial charge in [0.2, 0.25) is 0 Å². The average molecular weight is 518 g/mol. The van der Waals surface area contributed by atoms with E-state index in [-0.39, 0.29) is 28.4 Å². The number of piperidine rings is 1. The monoisotopic (exact) mass is 517 g/mol. The third-order valence-electron chi connectivity index (χ3n) is 6.98. The molecule has 2 saturated heterocycles. The molecule has 5 rings (SSSR count). The molecule has 36 heavy (non-hydrogen) atoms. The average Bonchev–Trinajstić information content (AvgIpc) is 3.13. The lowest BCUT2D eigenvalue weighted by molar-refractivity contribution is -0.235. The first-order valence-electron chi connectivity index (χ1n) is 12.1. The third kappa shape index (κ3) is 5.26. The fourth-order valence-corrected chi connectivity index (χ4v) is 5.06. The van der Waals surface area contributed by atoms with E-state index in [1.807, 2.05) is 0 Å². The quantitative estimate of drug-likeness (QED) is 0.433. The second-order valence-corrected chi connectivity index (χ2v) is 10.1. The Kier molecular flexibility index (Phi) is 7.02. The fraction of sp³-hybridized carbons (Fsp3) is 0.462. The molecule has 1 aromatic heterocycles. The molecular weight excluding hydrogens is 489 g/mol. The smallest absolute Gasteiger partial charge is 0.335 e. The van der Waals surface area contributed by atoms with Gasteiger partial charge in [-0.1, -0.05) is 11.6 Å². The highest BCUT2D eigenvalue weighted by atomic mass is 35.5. The van der Waals surface area contributed by atoms with Gasteiger partial charge in [-0.05, 0) is 62.6 Å². The highest BCUT2D eigenvalue weighted by Gasteiger charge is 2.33. The Hall–Kier alpha value is -2.56. The number of likely N-dealkylation sites (tertiary alicyclic amines) is 1. The van der Waals surface area contributed by atoms with E-state index in [4.69, 9.17) is 26.1 Å². The maximum absolute atomic E-state index is 14.3. The van der Waals surface area contributed by atoms with Gasteiger partial charge >= 0.3 is 5.97 Å². The minimum atomic E-state index is -1.76. The van der Waals surface area contributed by atoms with Gasteiger partial charge in [-0.25, -0.2) is 14.2 Å². The maximum Gasteiger partial charge on any atom is 0.335 e. The summed E-state index contributed by atoms with van der Waals surface area (Å²) in [5.74, 6) is -2.48. The number of hydrogen-bond donors (Lipinski definition) is 2. The molecule has 0 aliphatic carbocycles. The van der Waals surface area contributed by atoms with Gasteiger partial charge in [-0.2, -0.15) is 0 Å². The van der Waals surface area contributed by atoms with Crippen LogP contribution in [0.1, 0.15) is 47.9 Å². The van der Waals surface area contributed by atoms with Crippen LogP contribution in [-0.4, -0.2) is 62.5 Å². The molecule has 2 atom stereocenters. The molecular formula is C26H29ClFN3O5. The molecule has 8 nitrogen and oxygen atoms in total. The number of fused-ring (bicyclic) bond motifs is 1. The Bertz CT molecular complexity index is 1270. The number of carbonyl (C=O) groups is 1. The largest absolute Gasteiger partial charge is 0.478 e. The summed E-state index contributed by atoms with van der Waals surface area (Å²) in [6, 6.07) is 9.13. The van der Waals surface area contributed by atoms with E-state index in [1.165, 1.54) is 19.1 Å². The molecule has 3 heterocycles. The highest BCUT2D eigenvalue weighted by molar-refractivity contribution is 6.30. The van der Waals surface area contributed by atoms with Gasteiger partial charge in [0.25, 0.3) is 0 Å². The Labute approximate surface area is 213 Å². The molecule has 0 saturated carbocycles. The zero-order chi connectivity index (χ0) is 25.4. The fourth-order valence-electron chi connectivity index (χ4n) is 4.90. The van der Waals surface area contributed by atoms with Crippen molar-refractivity contribution < 1.29 is 28.9 Å². The first kappa shape index (κ1) is 25.1. The highest BCUT2D eigenvalue weighted by Crippen LogP contribution is 2.31. The second-order valence-electron chi connectivity index (χ2n) is 9.63. The predicted molar refractivity (Wildman–Crippen MR) is 131 cm³/mol. The lowest BCUT2D eigenvalue weighted by Crippen LogP contribution is -2.41. The standard InChI is InChI=1S/C26H29ClFN3O5/c1-26(34,20-4-3-17(27)13-21(20)28)36-18-6-9-30(10-7-18)15-24-29-22-5-2-16(25(32)33)12-23(22)31(24)14-19-8-11-35-19/h2-5,12-13,18-19,34H,6-11,14-15H2,1H3,(H,32,33)/t19-,26+/m0/s1. The first-order valence-corrected chi connectivity index (χ1v) is 12.5. The van der Waals surface area contributed by atoms with Crippen molar-refractivity contribution in [1.29, 1.82) is 0 Å². The number of carboxylic acid groups (broad SMARTS) is 1. The summed E-state index contributed by atoms with van der Waals surface area (Å²) >= 11 is 5.83. The summed E-state index contributed by atoms with van der Waals surface area (Å²) < 4.78 is 28.0. The number of halogens is 2. The van der Waals surface area contributed by atoms with Crippen molar-refractivity contribution in [2.45, 2.75) is 57.3 Å². The molecule has 192 valence electrons. The molecule has 0 radical (unpaired) electrons. The van der Waals surface area contributed by atoms with E-state index in [9.17, 15) is 19.4 Å². The minimum Gasteiger partial charge on any atom is -0.478 e. The summed E-state index contributed by atoms with van der Waals surface area (Å²) in [6.07, 6.45) is 2.17. The molecule has 2 aromatic carbocycles. The van der Waals surface area contributed by atoms with Crippen LogP contribution in [0.15, 0.2) is 36.4 Å². The van der Waals surface area contributed by atoms with Gasteiger partial charge in [-0.3, -0.25) is 4.90 Å². The summed E-state index contributed by atoms with van der Waals surface area (Å²) in [4.78, 5) is 18.6. The van der Waals surface area contributed by atoms with Gasteiger partial charge in [0.15, 0.2) is 5.79 Å². The molecule has 2 fully saturated rings. The van der Waals surface area contributed by atoms with E-state index >= 15 is 0 Å². The molecule has 0 unspecified atom stereocenters. The molecule has 2 aliphatic rings. The van der Waals surface area contributed by atoms with Crippen LogP contribution in [0.3, 0.4) is 0 Å². The molecule has 2 aliphatic heterocycles. The molecule has 3 aromatic rings. The van der Waals surface area contributed by atoms with Crippen molar-refractivity contribution in [3.63, 3.8) is 0 Å². The Morgan fingerprint density at radius 1 is 1.25 bits per heavy atom. The Morgan fingerprint density at radius 2 is 2.00 bits per heavy atom. The van der Waals surface area contributed by atoms with Crippen LogP contribution < -0.4 is 0 Å². The molecule has 10 heteroatoms. The Balaban J connectivity index is 1.27. The topological polar surface area (TPSA) is 97.0 Å². The van der Waals surface area contributed by atoms with Crippen molar-refractivity contribution in [3.05, 3.63) is 64.2 Å². The van der Waals surface area contributed by atoms with Crippen LogP contribution in [0.25, 0.3) is 11.0 Å². The van der Waals surface area contributed by atoms with Crippen LogP contribution in [0.5, 0.6) is 0 Å². The van der Waals surface area contributed by atoms with Crippen molar-refractivity contribution in [2.75, 3.05) is 19.7 Å². The Morgan fingerprint density at radius 3 is 2.64 bits per heavy atom. The number of rotatable bonds is 8. The zero-order valence-corrected chi connectivity index (χ0v) is 20.7. The number of hydrogen-bond acceptors (Lipinski definition) is 6. The number of aliphatic hydroxyl groups is 1. The molecule has 2 N–H and O–H groups in total. The van der Waals surface area contributed by atoms with Gasteiger partial charge in [0.1, 0.15) is 11.6 Å². The molecule has 0 spiro atoms. The van der Waals surface area contributed by atoms with Crippen LogP contribution in [0, 0.1) is 5.82 Å². The van der Waals surface area contributed by atoms with Gasteiger partial charge in [-0.15, -0.1) is 0 Å². The number of aromatic carboxylic acids is 1. The van der Waals surface area contributed by atoms with E-state index in [0.29, 0.717) is 39.0 Å². The van der Waals surface area contributed by atoms with Crippen molar-refractivity contribution in [2.24, 2.45) is 0 Å². The maximum atomic E-state index is 14.3. The number of ether oxygens (including phenoxy) is 2. The zero-order valence-electron chi connectivity index (χ0n) is 20.0. The van der Waals surface area contributed by atoms with Crippen LogP contribution in [-0.2, 0) is 28.4 Å². The van der Waals surface area contributed by atoms with Gasteiger partial charge in [0, 0.05) is 30.3 Å². The molecule has 0 amide bonds. The van der Waals surface area contributed by atoms with E-state index < -0.39 is 17.6 Å². The van der Waals surface area contributed by atoms with Gasteiger partial charge in [0.05, 0.1) is 41.9 Å². The number of aromatic nitrogens is 2. The summed E-state index contributed by atoms with van der Waals surface area (Å²) in [5.41, 5.74) is 1.84. The third-order valence-corrected chi connectivity index (χ3v) is 7.22. The molecule has 0 bridgehead atoms. The van der Waals surface area contributed by atoms with E-state index in [1.54, 1.807) is 18.2 Å². The van der Waals surface area contributed by atoms with Crippen LogP contribution in [0.2, 0.25) is 5.02 Å². The van der Waals surface area contributed by atoms with Gasteiger partial charge < -0.3 is 24.3 Å². The number of benzene rings is 2. The lowest BCUT2D eigenvalue weighted by atomic mass is 10.0. The predicted octanol–water partition coefficient (Wildman–Crippen LogP) is 4.16.